The molecule has 0 aromatic heterocycles. The molecule has 2 saturated carbocycles. The second-order valence-corrected chi connectivity index (χ2v) is 6.97. The highest BCUT2D eigenvalue weighted by molar-refractivity contribution is 6.30. The first-order chi connectivity index (χ1) is 10.5. The molecule has 0 spiro atoms. The first-order valence-corrected chi connectivity index (χ1v) is 8.28. The Balaban J connectivity index is 1.47. The van der Waals surface area contributed by atoms with E-state index in [4.69, 9.17) is 16.3 Å². The van der Waals surface area contributed by atoms with Crippen LogP contribution < -0.4 is 10.1 Å². The summed E-state index contributed by atoms with van der Waals surface area (Å²) in [6.45, 7) is 2.01. The first kappa shape index (κ1) is 15.6. The van der Waals surface area contributed by atoms with E-state index in [-0.39, 0.29) is 23.6 Å². The summed E-state index contributed by atoms with van der Waals surface area (Å²) in [5.74, 6) is 2.00. The number of nitrogens with one attached hydrogen (secondary N) is 1. The van der Waals surface area contributed by atoms with Gasteiger partial charge in [0.05, 0.1) is 5.02 Å². The van der Waals surface area contributed by atoms with Gasteiger partial charge in [-0.1, -0.05) is 18.0 Å². The highest BCUT2D eigenvalue weighted by Gasteiger charge is 2.42. The van der Waals surface area contributed by atoms with Gasteiger partial charge in [0, 0.05) is 12.1 Å². The van der Waals surface area contributed by atoms with Crippen LogP contribution in [0.3, 0.4) is 0 Å². The van der Waals surface area contributed by atoms with E-state index in [9.17, 15) is 9.18 Å². The number of carbonyl (C=O) groups is 1. The molecule has 22 heavy (non-hydrogen) atoms. The van der Waals surface area contributed by atoms with Crippen molar-refractivity contribution in [3.63, 3.8) is 0 Å². The fourth-order valence-corrected chi connectivity index (χ4v) is 4.19. The number of carbonyl (C=O) groups excluding carboxylic acids is 1. The zero-order chi connectivity index (χ0) is 15.7. The molecule has 0 radical (unpaired) electrons. The third kappa shape index (κ3) is 3.37. The molecule has 0 heterocycles. The van der Waals surface area contributed by atoms with Crippen LogP contribution in [0.5, 0.6) is 5.75 Å². The minimum absolute atomic E-state index is 0.00624. The van der Waals surface area contributed by atoms with E-state index < -0.39 is 5.82 Å². The lowest BCUT2D eigenvalue weighted by Crippen LogP contribution is -2.42. The second-order valence-electron chi connectivity index (χ2n) is 6.56. The molecule has 1 amide bonds. The lowest BCUT2D eigenvalue weighted by Gasteiger charge is -2.28. The van der Waals surface area contributed by atoms with Crippen LogP contribution in [0.1, 0.15) is 32.6 Å². The Kier molecular flexibility index (Phi) is 4.57. The molecule has 120 valence electrons. The molecule has 1 aromatic rings. The van der Waals surface area contributed by atoms with Crippen molar-refractivity contribution in [2.45, 2.75) is 38.6 Å². The molecular weight excluding hydrogens is 305 g/mol. The summed E-state index contributed by atoms with van der Waals surface area (Å²) in [6, 6.07) is 4.26. The SMILES string of the molecule is CC(NC(=O)COc1ccc(F)c(Cl)c1)C1CC2CCC1C2. The standard InChI is InChI=1S/C17H21ClFNO2/c1-10(14-7-11-2-3-12(14)6-11)20-17(21)9-22-13-4-5-16(19)15(18)8-13/h4-5,8,10-12,14H,2-3,6-7,9H2,1H3,(H,20,21). The number of amides is 1. The summed E-state index contributed by atoms with van der Waals surface area (Å²) < 4.78 is 18.4. The molecule has 0 aliphatic heterocycles. The van der Waals surface area contributed by atoms with Crippen molar-refractivity contribution in [1.82, 2.24) is 5.32 Å². The fraction of sp³-hybridized carbons (Fsp3) is 0.588. The van der Waals surface area contributed by atoms with Gasteiger partial charge in [-0.05, 0) is 56.1 Å². The molecule has 3 rings (SSSR count). The number of fused-ring (bicyclic) bond motifs is 2. The van der Waals surface area contributed by atoms with Crippen molar-refractivity contribution in [2.75, 3.05) is 6.61 Å². The number of hydrogen-bond donors (Lipinski definition) is 1. The van der Waals surface area contributed by atoms with Crippen LogP contribution in [0.25, 0.3) is 0 Å². The molecule has 2 fully saturated rings. The molecule has 0 saturated heterocycles. The van der Waals surface area contributed by atoms with Gasteiger partial charge in [0.15, 0.2) is 6.61 Å². The Labute approximate surface area is 135 Å². The van der Waals surface area contributed by atoms with Gasteiger partial charge in [-0.3, -0.25) is 4.79 Å². The number of rotatable bonds is 5. The van der Waals surface area contributed by atoms with Gasteiger partial charge in [0.1, 0.15) is 11.6 Å². The summed E-state index contributed by atoms with van der Waals surface area (Å²) >= 11 is 5.68. The number of benzene rings is 1. The predicted octanol–water partition coefficient (Wildman–Crippen LogP) is 3.80. The maximum atomic E-state index is 13.0. The number of ether oxygens (including phenoxy) is 1. The van der Waals surface area contributed by atoms with E-state index in [0.29, 0.717) is 11.7 Å². The Morgan fingerprint density at radius 1 is 1.45 bits per heavy atom. The van der Waals surface area contributed by atoms with Gasteiger partial charge in [0.2, 0.25) is 0 Å². The maximum Gasteiger partial charge on any atom is 0.258 e. The van der Waals surface area contributed by atoms with Gasteiger partial charge < -0.3 is 10.1 Å². The number of hydrogen-bond acceptors (Lipinski definition) is 2. The minimum Gasteiger partial charge on any atom is -0.484 e. The molecule has 2 aliphatic rings. The van der Waals surface area contributed by atoms with Crippen LogP contribution in [-0.2, 0) is 4.79 Å². The van der Waals surface area contributed by atoms with E-state index in [1.54, 1.807) is 0 Å². The van der Waals surface area contributed by atoms with Crippen LogP contribution in [-0.4, -0.2) is 18.6 Å². The van der Waals surface area contributed by atoms with Gasteiger partial charge in [-0.15, -0.1) is 0 Å². The van der Waals surface area contributed by atoms with E-state index in [2.05, 4.69) is 12.2 Å². The van der Waals surface area contributed by atoms with Crippen molar-refractivity contribution >= 4 is 17.5 Å². The summed E-state index contributed by atoms with van der Waals surface area (Å²) in [6.07, 6.45) is 5.23. The zero-order valence-corrected chi connectivity index (χ0v) is 13.4. The second kappa shape index (κ2) is 6.45. The highest BCUT2D eigenvalue weighted by atomic mass is 35.5. The normalized spacial score (nSPS) is 27.7. The summed E-state index contributed by atoms with van der Waals surface area (Å²) in [4.78, 5) is 12.0. The van der Waals surface area contributed by atoms with Gasteiger partial charge in [-0.25, -0.2) is 4.39 Å². The minimum atomic E-state index is -0.497. The molecule has 5 heteroatoms. The first-order valence-electron chi connectivity index (χ1n) is 7.90. The van der Waals surface area contributed by atoms with Gasteiger partial charge >= 0.3 is 0 Å². The van der Waals surface area contributed by atoms with Crippen LogP contribution in [0.15, 0.2) is 18.2 Å². The monoisotopic (exact) mass is 325 g/mol. The Hall–Kier alpha value is -1.29. The van der Waals surface area contributed by atoms with Crippen LogP contribution in [0.4, 0.5) is 4.39 Å². The molecule has 2 bridgehead atoms. The molecular formula is C17H21ClFNO2. The van der Waals surface area contributed by atoms with Gasteiger partial charge in [0.25, 0.3) is 5.91 Å². The predicted molar refractivity (Wildman–Crippen MR) is 83.4 cm³/mol. The largest absolute Gasteiger partial charge is 0.484 e. The highest BCUT2D eigenvalue weighted by Crippen LogP contribution is 2.49. The molecule has 4 atom stereocenters. The smallest absolute Gasteiger partial charge is 0.258 e. The van der Waals surface area contributed by atoms with Gasteiger partial charge in [-0.2, -0.15) is 0 Å². The van der Waals surface area contributed by atoms with E-state index >= 15 is 0 Å². The quantitative estimate of drug-likeness (QED) is 0.894. The number of halogens is 2. The van der Waals surface area contributed by atoms with Crippen molar-refractivity contribution in [3.05, 3.63) is 29.0 Å². The molecule has 2 aliphatic carbocycles. The van der Waals surface area contributed by atoms with Crippen molar-refractivity contribution in [1.29, 1.82) is 0 Å². The Bertz CT molecular complexity index is 566. The van der Waals surface area contributed by atoms with Crippen molar-refractivity contribution < 1.29 is 13.9 Å². The molecule has 1 N–H and O–H groups in total. The summed E-state index contributed by atoms with van der Waals surface area (Å²) in [7, 11) is 0. The van der Waals surface area contributed by atoms with Crippen molar-refractivity contribution in [2.24, 2.45) is 17.8 Å². The fourth-order valence-electron chi connectivity index (χ4n) is 4.02. The summed E-state index contributed by atoms with van der Waals surface area (Å²) in [5.41, 5.74) is 0. The van der Waals surface area contributed by atoms with Crippen molar-refractivity contribution in [3.8, 4) is 5.75 Å². The van der Waals surface area contributed by atoms with E-state index in [1.807, 2.05) is 0 Å². The average molecular weight is 326 g/mol. The molecule has 1 aromatic carbocycles. The molecule has 3 nitrogen and oxygen atoms in total. The maximum absolute atomic E-state index is 13.0. The third-order valence-electron chi connectivity index (χ3n) is 5.08. The zero-order valence-electron chi connectivity index (χ0n) is 12.6. The Morgan fingerprint density at radius 2 is 2.27 bits per heavy atom. The van der Waals surface area contributed by atoms with Crippen LogP contribution >= 0.6 is 11.6 Å². The third-order valence-corrected chi connectivity index (χ3v) is 5.37. The average Bonchev–Trinajstić information content (AvgIpc) is 3.11. The molecule has 4 unspecified atom stereocenters. The van der Waals surface area contributed by atoms with E-state index in [1.165, 1.54) is 43.9 Å². The Morgan fingerprint density at radius 3 is 2.91 bits per heavy atom. The van der Waals surface area contributed by atoms with E-state index in [0.717, 1.165) is 11.8 Å². The lowest BCUT2D eigenvalue weighted by atomic mass is 9.84. The topological polar surface area (TPSA) is 38.3 Å². The summed E-state index contributed by atoms with van der Waals surface area (Å²) in [5, 5.41) is 3.03. The van der Waals surface area contributed by atoms with Crippen LogP contribution in [0.2, 0.25) is 5.02 Å². The van der Waals surface area contributed by atoms with Crippen LogP contribution in [0, 0.1) is 23.6 Å². The lowest BCUT2D eigenvalue weighted by molar-refractivity contribution is -0.124.